The van der Waals surface area contributed by atoms with Crippen LogP contribution in [0.3, 0.4) is 0 Å². The van der Waals surface area contributed by atoms with Crippen LogP contribution in [-0.2, 0) is 4.79 Å². The summed E-state index contributed by atoms with van der Waals surface area (Å²) in [6.07, 6.45) is 1.99. The Bertz CT molecular complexity index is 365. The second kappa shape index (κ2) is 7.12. The molecule has 0 aliphatic heterocycles. The maximum Gasteiger partial charge on any atom is 0.239 e. The summed E-state index contributed by atoms with van der Waals surface area (Å²) >= 11 is 5.69. The Morgan fingerprint density at radius 3 is 2.82 bits per heavy atom. The van der Waals surface area contributed by atoms with E-state index in [9.17, 15) is 9.18 Å². The van der Waals surface area contributed by atoms with E-state index in [1.807, 2.05) is 0 Å². The van der Waals surface area contributed by atoms with Crippen molar-refractivity contribution in [3.63, 3.8) is 0 Å². The van der Waals surface area contributed by atoms with Crippen LogP contribution in [0.25, 0.3) is 0 Å². The zero-order valence-corrected chi connectivity index (χ0v) is 10.5. The Morgan fingerprint density at radius 2 is 2.18 bits per heavy atom. The molecule has 94 valence electrons. The molecule has 0 atom stereocenters. The number of benzene rings is 1. The van der Waals surface area contributed by atoms with E-state index in [4.69, 9.17) is 11.6 Å². The van der Waals surface area contributed by atoms with Crippen molar-refractivity contribution in [1.82, 2.24) is 5.32 Å². The summed E-state index contributed by atoms with van der Waals surface area (Å²) in [6.45, 7) is 2.84. The first-order valence-electron chi connectivity index (χ1n) is 5.58. The Morgan fingerprint density at radius 1 is 1.41 bits per heavy atom. The van der Waals surface area contributed by atoms with Crippen molar-refractivity contribution in [1.29, 1.82) is 0 Å². The van der Waals surface area contributed by atoms with E-state index in [1.54, 1.807) is 6.07 Å². The molecule has 0 aliphatic rings. The zero-order valence-electron chi connectivity index (χ0n) is 9.72. The molecule has 5 heteroatoms. The lowest BCUT2D eigenvalue weighted by Crippen LogP contribution is -2.30. The standard InChI is InChI=1S/C12H16ClFN2O/c1-2-3-4-15-12(17)8-16-11-6-9(13)5-10(14)7-11/h5-7,16H,2-4,8H2,1H3,(H,15,17). The second-order valence-electron chi connectivity index (χ2n) is 3.72. The zero-order chi connectivity index (χ0) is 12.7. The van der Waals surface area contributed by atoms with Crippen LogP contribution < -0.4 is 10.6 Å². The molecule has 0 bridgehead atoms. The van der Waals surface area contributed by atoms with Gasteiger partial charge in [0.05, 0.1) is 6.54 Å². The lowest BCUT2D eigenvalue weighted by molar-refractivity contribution is -0.119. The second-order valence-corrected chi connectivity index (χ2v) is 4.15. The van der Waals surface area contributed by atoms with Gasteiger partial charge in [-0.2, -0.15) is 0 Å². The predicted octanol–water partition coefficient (Wildman–Crippen LogP) is 2.81. The minimum atomic E-state index is -0.425. The average Bonchev–Trinajstić information content (AvgIpc) is 2.25. The molecule has 0 saturated carbocycles. The molecule has 1 aromatic rings. The van der Waals surface area contributed by atoms with Crippen molar-refractivity contribution in [2.45, 2.75) is 19.8 Å². The Kier molecular flexibility index (Phi) is 5.77. The molecule has 1 aromatic carbocycles. The summed E-state index contributed by atoms with van der Waals surface area (Å²) in [5.74, 6) is -0.537. The third-order valence-corrected chi connectivity index (χ3v) is 2.39. The molecule has 0 saturated heterocycles. The van der Waals surface area contributed by atoms with Gasteiger partial charge in [0.15, 0.2) is 0 Å². The van der Waals surface area contributed by atoms with Crippen molar-refractivity contribution in [3.8, 4) is 0 Å². The fourth-order valence-electron chi connectivity index (χ4n) is 1.31. The van der Waals surface area contributed by atoms with Crippen LogP contribution in [0.4, 0.5) is 10.1 Å². The number of hydrogen-bond donors (Lipinski definition) is 2. The smallest absolute Gasteiger partial charge is 0.239 e. The normalized spacial score (nSPS) is 10.1. The number of hydrogen-bond acceptors (Lipinski definition) is 2. The fourth-order valence-corrected chi connectivity index (χ4v) is 1.53. The number of carbonyl (C=O) groups is 1. The van der Waals surface area contributed by atoms with Gasteiger partial charge in [-0.05, 0) is 24.6 Å². The Labute approximate surface area is 105 Å². The van der Waals surface area contributed by atoms with Crippen LogP contribution in [0.5, 0.6) is 0 Å². The lowest BCUT2D eigenvalue weighted by atomic mass is 10.3. The maximum absolute atomic E-state index is 13.0. The molecule has 0 unspecified atom stereocenters. The van der Waals surface area contributed by atoms with Crippen molar-refractivity contribution in [2.24, 2.45) is 0 Å². The van der Waals surface area contributed by atoms with Gasteiger partial charge in [0.2, 0.25) is 5.91 Å². The van der Waals surface area contributed by atoms with Crippen LogP contribution >= 0.6 is 11.6 Å². The molecule has 0 heterocycles. The van der Waals surface area contributed by atoms with E-state index in [0.717, 1.165) is 12.8 Å². The quantitative estimate of drug-likeness (QED) is 0.771. The molecule has 0 aliphatic carbocycles. The van der Waals surface area contributed by atoms with Gasteiger partial charge in [0, 0.05) is 17.3 Å². The molecule has 17 heavy (non-hydrogen) atoms. The fraction of sp³-hybridized carbons (Fsp3) is 0.417. The third-order valence-electron chi connectivity index (χ3n) is 2.17. The number of nitrogens with one attached hydrogen (secondary N) is 2. The predicted molar refractivity (Wildman–Crippen MR) is 67.8 cm³/mol. The van der Waals surface area contributed by atoms with Gasteiger partial charge in [-0.15, -0.1) is 0 Å². The highest BCUT2D eigenvalue weighted by molar-refractivity contribution is 6.30. The first kappa shape index (κ1) is 13.8. The van der Waals surface area contributed by atoms with Crippen molar-refractivity contribution in [3.05, 3.63) is 29.0 Å². The molecule has 0 fully saturated rings. The molecule has 3 nitrogen and oxygen atoms in total. The molecule has 0 aromatic heterocycles. The van der Waals surface area contributed by atoms with Crippen molar-refractivity contribution < 1.29 is 9.18 Å². The number of halogens is 2. The number of anilines is 1. The van der Waals surface area contributed by atoms with E-state index >= 15 is 0 Å². The van der Waals surface area contributed by atoms with Gasteiger partial charge in [-0.1, -0.05) is 24.9 Å². The van der Waals surface area contributed by atoms with Crippen LogP contribution in [-0.4, -0.2) is 19.0 Å². The van der Waals surface area contributed by atoms with Gasteiger partial charge in [0.1, 0.15) is 5.82 Å². The van der Waals surface area contributed by atoms with Crippen LogP contribution in [0.1, 0.15) is 19.8 Å². The van der Waals surface area contributed by atoms with E-state index in [1.165, 1.54) is 12.1 Å². The number of carbonyl (C=O) groups excluding carboxylic acids is 1. The number of amides is 1. The van der Waals surface area contributed by atoms with E-state index in [2.05, 4.69) is 17.6 Å². The van der Waals surface area contributed by atoms with Gasteiger partial charge < -0.3 is 10.6 Å². The minimum absolute atomic E-state index is 0.112. The van der Waals surface area contributed by atoms with E-state index in [0.29, 0.717) is 17.3 Å². The first-order chi connectivity index (χ1) is 8.11. The summed E-state index contributed by atoms with van der Waals surface area (Å²) in [5, 5.41) is 5.88. The van der Waals surface area contributed by atoms with Gasteiger partial charge in [-0.3, -0.25) is 4.79 Å². The van der Waals surface area contributed by atoms with E-state index < -0.39 is 5.82 Å². The Balaban J connectivity index is 2.36. The lowest BCUT2D eigenvalue weighted by Gasteiger charge is -2.07. The highest BCUT2D eigenvalue weighted by atomic mass is 35.5. The minimum Gasteiger partial charge on any atom is -0.376 e. The highest BCUT2D eigenvalue weighted by Crippen LogP contribution is 2.17. The molecule has 0 spiro atoms. The Hall–Kier alpha value is -1.29. The number of rotatable bonds is 6. The molecule has 1 amide bonds. The monoisotopic (exact) mass is 258 g/mol. The largest absolute Gasteiger partial charge is 0.376 e. The van der Waals surface area contributed by atoms with Crippen LogP contribution in [0.2, 0.25) is 5.02 Å². The molecular weight excluding hydrogens is 243 g/mol. The average molecular weight is 259 g/mol. The summed E-state index contributed by atoms with van der Waals surface area (Å²) in [4.78, 5) is 11.4. The van der Waals surface area contributed by atoms with E-state index in [-0.39, 0.29) is 12.5 Å². The molecule has 0 radical (unpaired) electrons. The molecular formula is C12H16ClFN2O. The van der Waals surface area contributed by atoms with Crippen LogP contribution in [0, 0.1) is 5.82 Å². The summed E-state index contributed by atoms with van der Waals surface area (Å²) in [5.41, 5.74) is 0.501. The van der Waals surface area contributed by atoms with Gasteiger partial charge in [-0.25, -0.2) is 4.39 Å². The topological polar surface area (TPSA) is 41.1 Å². The van der Waals surface area contributed by atoms with Gasteiger partial charge in [0.25, 0.3) is 0 Å². The third kappa shape index (κ3) is 5.54. The first-order valence-corrected chi connectivity index (χ1v) is 5.96. The maximum atomic E-state index is 13.0. The van der Waals surface area contributed by atoms with Crippen LogP contribution in [0.15, 0.2) is 18.2 Å². The number of unbranched alkanes of at least 4 members (excludes halogenated alkanes) is 1. The van der Waals surface area contributed by atoms with Gasteiger partial charge >= 0.3 is 0 Å². The SMILES string of the molecule is CCCCNC(=O)CNc1cc(F)cc(Cl)c1. The van der Waals surface area contributed by atoms with Crippen molar-refractivity contribution in [2.75, 3.05) is 18.4 Å². The molecule has 2 N–H and O–H groups in total. The summed E-state index contributed by atoms with van der Waals surface area (Å²) in [6, 6.07) is 4.09. The van der Waals surface area contributed by atoms with Crippen molar-refractivity contribution >= 4 is 23.2 Å². The highest BCUT2D eigenvalue weighted by Gasteiger charge is 2.02. The summed E-state index contributed by atoms with van der Waals surface area (Å²) in [7, 11) is 0. The summed E-state index contributed by atoms with van der Waals surface area (Å²) < 4.78 is 13.0. The molecule has 1 rings (SSSR count).